The second-order valence-corrected chi connectivity index (χ2v) is 5.05. The van der Waals surface area contributed by atoms with Crippen LogP contribution in [-0.4, -0.2) is 52.4 Å². The Kier molecular flexibility index (Phi) is 5.88. The molecule has 10 nitrogen and oxygen atoms in total. The number of anilines is 1. The molecular weight excluding hydrogens is 330 g/mol. The van der Waals surface area contributed by atoms with Gasteiger partial charge in [-0.15, -0.1) is 10.2 Å². The van der Waals surface area contributed by atoms with Crippen molar-refractivity contribution in [1.29, 1.82) is 0 Å². The maximum absolute atomic E-state index is 12.2. The summed E-state index contributed by atoms with van der Waals surface area (Å²) in [5.41, 5.74) is 0.435. The summed E-state index contributed by atoms with van der Waals surface area (Å²) >= 11 is 0. The standard InChI is InChI=1S/C15H19N5O5/c1-9(25-14(21)8-20-18-10(2)17-19-20)15(22)16-12-6-5-11(23-3)7-13(12)24-4/h5-7,9H,8H2,1-4H3,(H,16,22). The van der Waals surface area contributed by atoms with Crippen LogP contribution in [0.3, 0.4) is 0 Å². The van der Waals surface area contributed by atoms with Gasteiger partial charge in [-0.3, -0.25) is 4.79 Å². The number of nitrogens with zero attached hydrogens (tertiary/aromatic N) is 4. The molecule has 0 saturated heterocycles. The Labute approximate surface area is 144 Å². The van der Waals surface area contributed by atoms with E-state index in [1.165, 1.54) is 21.1 Å². The quantitative estimate of drug-likeness (QED) is 0.721. The van der Waals surface area contributed by atoms with Crippen LogP contribution in [0.4, 0.5) is 5.69 Å². The first-order valence-electron chi connectivity index (χ1n) is 7.39. The summed E-state index contributed by atoms with van der Waals surface area (Å²) in [6.07, 6.45) is -1.01. The van der Waals surface area contributed by atoms with Crippen LogP contribution in [0.15, 0.2) is 18.2 Å². The van der Waals surface area contributed by atoms with Gasteiger partial charge in [0.15, 0.2) is 18.5 Å². The molecule has 0 aliphatic rings. The third-order valence-corrected chi connectivity index (χ3v) is 3.17. The van der Waals surface area contributed by atoms with Gasteiger partial charge in [0, 0.05) is 6.07 Å². The number of aryl methyl sites for hydroxylation is 1. The highest BCUT2D eigenvalue weighted by Crippen LogP contribution is 2.29. The first-order chi connectivity index (χ1) is 11.9. The van der Waals surface area contributed by atoms with E-state index in [0.29, 0.717) is 23.0 Å². The zero-order valence-electron chi connectivity index (χ0n) is 14.3. The van der Waals surface area contributed by atoms with Gasteiger partial charge in [0.05, 0.1) is 19.9 Å². The zero-order valence-corrected chi connectivity index (χ0v) is 14.3. The number of hydrogen-bond acceptors (Lipinski definition) is 8. The number of ether oxygens (including phenoxy) is 3. The number of hydrogen-bond donors (Lipinski definition) is 1. The van der Waals surface area contributed by atoms with Crippen molar-refractivity contribution in [3.05, 3.63) is 24.0 Å². The number of methoxy groups -OCH3 is 2. The van der Waals surface area contributed by atoms with Gasteiger partial charge in [-0.1, -0.05) is 0 Å². The van der Waals surface area contributed by atoms with Gasteiger partial charge in [0.25, 0.3) is 5.91 Å². The maximum atomic E-state index is 12.2. The molecule has 1 aromatic carbocycles. The molecule has 0 bridgehead atoms. The second kappa shape index (κ2) is 8.08. The number of amides is 1. The second-order valence-electron chi connectivity index (χ2n) is 5.05. The summed E-state index contributed by atoms with van der Waals surface area (Å²) in [5, 5.41) is 13.8. The summed E-state index contributed by atoms with van der Waals surface area (Å²) in [4.78, 5) is 25.1. The van der Waals surface area contributed by atoms with Gasteiger partial charge in [0.1, 0.15) is 11.5 Å². The summed E-state index contributed by atoms with van der Waals surface area (Å²) in [5.74, 6) is 0.296. The van der Waals surface area contributed by atoms with Crippen molar-refractivity contribution in [3.63, 3.8) is 0 Å². The Balaban J connectivity index is 1.94. The Morgan fingerprint density at radius 1 is 1.28 bits per heavy atom. The summed E-state index contributed by atoms with van der Waals surface area (Å²) in [6, 6.07) is 4.94. The highest BCUT2D eigenvalue weighted by Gasteiger charge is 2.20. The normalized spacial score (nSPS) is 11.5. The lowest BCUT2D eigenvalue weighted by atomic mass is 10.2. The lowest BCUT2D eigenvalue weighted by molar-refractivity contribution is -0.154. The van der Waals surface area contributed by atoms with E-state index in [-0.39, 0.29) is 6.54 Å². The fourth-order valence-electron chi connectivity index (χ4n) is 1.93. The molecule has 2 aromatic rings. The number of aromatic nitrogens is 4. The molecule has 0 fully saturated rings. The molecule has 1 amide bonds. The average molecular weight is 349 g/mol. The predicted molar refractivity (Wildman–Crippen MR) is 86.3 cm³/mol. The molecule has 25 heavy (non-hydrogen) atoms. The van der Waals surface area contributed by atoms with Crippen LogP contribution in [-0.2, 0) is 20.9 Å². The van der Waals surface area contributed by atoms with Crippen LogP contribution >= 0.6 is 0 Å². The van der Waals surface area contributed by atoms with Crippen LogP contribution < -0.4 is 14.8 Å². The van der Waals surface area contributed by atoms with Crippen molar-refractivity contribution in [1.82, 2.24) is 20.2 Å². The van der Waals surface area contributed by atoms with Crippen LogP contribution in [0, 0.1) is 6.92 Å². The molecule has 0 aliphatic carbocycles. The lowest BCUT2D eigenvalue weighted by Crippen LogP contribution is -2.31. The number of benzene rings is 1. The van der Waals surface area contributed by atoms with E-state index >= 15 is 0 Å². The van der Waals surface area contributed by atoms with Crippen LogP contribution in [0.1, 0.15) is 12.7 Å². The van der Waals surface area contributed by atoms with Crippen molar-refractivity contribution in [2.75, 3.05) is 19.5 Å². The van der Waals surface area contributed by atoms with Gasteiger partial charge >= 0.3 is 5.97 Å². The number of carbonyl (C=O) groups is 2. The van der Waals surface area contributed by atoms with Gasteiger partial charge in [-0.25, -0.2) is 4.79 Å². The Morgan fingerprint density at radius 3 is 2.64 bits per heavy atom. The monoisotopic (exact) mass is 349 g/mol. The van der Waals surface area contributed by atoms with E-state index in [1.54, 1.807) is 25.1 Å². The number of tetrazole rings is 1. The van der Waals surface area contributed by atoms with Crippen LogP contribution in [0.5, 0.6) is 11.5 Å². The third-order valence-electron chi connectivity index (χ3n) is 3.17. The highest BCUT2D eigenvalue weighted by atomic mass is 16.5. The van der Waals surface area contributed by atoms with Crippen molar-refractivity contribution in [3.8, 4) is 11.5 Å². The minimum Gasteiger partial charge on any atom is -0.497 e. The minimum absolute atomic E-state index is 0.232. The molecule has 1 N–H and O–H groups in total. The Hall–Kier alpha value is -3.17. The average Bonchev–Trinajstić information content (AvgIpc) is 2.99. The van der Waals surface area contributed by atoms with Gasteiger partial charge in [0.2, 0.25) is 0 Å². The van der Waals surface area contributed by atoms with E-state index in [0.717, 1.165) is 4.80 Å². The topological polar surface area (TPSA) is 117 Å². The first kappa shape index (κ1) is 18.2. The van der Waals surface area contributed by atoms with Gasteiger partial charge in [-0.05, 0) is 31.2 Å². The first-order valence-corrected chi connectivity index (χ1v) is 7.39. The number of esters is 1. The van der Waals surface area contributed by atoms with Crippen LogP contribution in [0.25, 0.3) is 0 Å². The van der Waals surface area contributed by atoms with Crippen molar-refractivity contribution in [2.24, 2.45) is 0 Å². The van der Waals surface area contributed by atoms with Crippen molar-refractivity contribution in [2.45, 2.75) is 26.5 Å². The van der Waals surface area contributed by atoms with E-state index in [9.17, 15) is 9.59 Å². The smallest absolute Gasteiger partial charge is 0.330 e. The molecule has 1 atom stereocenters. The maximum Gasteiger partial charge on any atom is 0.330 e. The van der Waals surface area contributed by atoms with Crippen LogP contribution in [0.2, 0.25) is 0 Å². The molecule has 2 rings (SSSR count). The number of nitrogens with one attached hydrogen (secondary N) is 1. The molecular formula is C15H19N5O5. The Morgan fingerprint density at radius 2 is 2.04 bits per heavy atom. The number of carbonyl (C=O) groups excluding carboxylic acids is 2. The molecule has 134 valence electrons. The molecule has 0 saturated carbocycles. The largest absolute Gasteiger partial charge is 0.497 e. The summed E-state index contributed by atoms with van der Waals surface area (Å²) < 4.78 is 15.4. The van der Waals surface area contributed by atoms with Crippen molar-refractivity contribution < 1.29 is 23.8 Å². The Bertz CT molecular complexity index is 761. The molecule has 0 aliphatic heterocycles. The van der Waals surface area contributed by atoms with Crippen molar-refractivity contribution >= 4 is 17.6 Å². The van der Waals surface area contributed by atoms with E-state index in [4.69, 9.17) is 14.2 Å². The van der Waals surface area contributed by atoms with Gasteiger partial charge in [-0.2, -0.15) is 4.80 Å². The fourth-order valence-corrected chi connectivity index (χ4v) is 1.93. The SMILES string of the molecule is COc1ccc(NC(=O)C(C)OC(=O)Cn2nnc(C)n2)c(OC)c1. The lowest BCUT2D eigenvalue weighted by Gasteiger charge is -2.15. The van der Waals surface area contributed by atoms with E-state index in [1.807, 2.05) is 0 Å². The minimum atomic E-state index is -1.01. The van der Waals surface area contributed by atoms with E-state index in [2.05, 4.69) is 20.7 Å². The zero-order chi connectivity index (χ0) is 18.4. The summed E-state index contributed by atoms with van der Waals surface area (Å²) in [7, 11) is 3.00. The highest BCUT2D eigenvalue weighted by molar-refractivity contribution is 5.96. The molecule has 1 heterocycles. The molecule has 1 unspecified atom stereocenters. The fraction of sp³-hybridized carbons (Fsp3) is 0.400. The molecule has 10 heteroatoms. The number of rotatable bonds is 7. The molecule has 1 aromatic heterocycles. The van der Waals surface area contributed by atoms with E-state index < -0.39 is 18.0 Å². The molecule has 0 radical (unpaired) electrons. The molecule has 0 spiro atoms. The third kappa shape index (κ3) is 4.90. The van der Waals surface area contributed by atoms with Gasteiger partial charge < -0.3 is 19.5 Å². The predicted octanol–water partition coefficient (Wildman–Crippen LogP) is 0.569. The summed E-state index contributed by atoms with van der Waals surface area (Å²) in [6.45, 7) is 2.88.